The third-order valence-corrected chi connectivity index (χ3v) is 2.67. The van der Waals surface area contributed by atoms with Gasteiger partial charge in [0.25, 0.3) is 0 Å². The summed E-state index contributed by atoms with van der Waals surface area (Å²) in [6, 6.07) is 12.0. The smallest absolute Gasteiger partial charge is 0.176 e. The Morgan fingerprint density at radius 3 is 2.71 bits per heavy atom. The zero-order valence-corrected chi connectivity index (χ0v) is 8.85. The highest BCUT2D eigenvalue weighted by Crippen LogP contribution is 2.32. The molecule has 2 aromatic carbocycles. The average Bonchev–Trinajstić information content (AvgIpc) is 2.75. The summed E-state index contributed by atoms with van der Waals surface area (Å²) in [4.78, 5) is 0. The number of hydrogen-bond acceptors (Lipinski definition) is 3. The minimum absolute atomic E-state index is 0.228. The first-order valence-corrected chi connectivity index (χ1v) is 5.16. The Labute approximate surface area is 96.6 Å². The number of benzene rings is 2. The molecule has 2 N–H and O–H groups in total. The Hall–Kier alpha value is -2.36. The van der Waals surface area contributed by atoms with E-state index in [0.717, 1.165) is 5.56 Å². The highest BCUT2D eigenvalue weighted by atomic mass is 19.1. The minimum atomic E-state index is -0.396. The summed E-state index contributed by atoms with van der Waals surface area (Å²) in [6.07, 6.45) is 0. The van der Waals surface area contributed by atoms with Crippen molar-refractivity contribution in [2.75, 3.05) is 5.73 Å². The van der Waals surface area contributed by atoms with Crippen LogP contribution in [0.1, 0.15) is 0 Å². The third-order valence-electron chi connectivity index (χ3n) is 2.67. The topological polar surface area (TPSA) is 52.0 Å². The van der Waals surface area contributed by atoms with Gasteiger partial charge in [-0.1, -0.05) is 23.4 Å². The highest BCUT2D eigenvalue weighted by Gasteiger charge is 2.14. The number of anilines is 1. The summed E-state index contributed by atoms with van der Waals surface area (Å²) in [6.45, 7) is 0. The molecule has 17 heavy (non-hydrogen) atoms. The van der Waals surface area contributed by atoms with Crippen LogP contribution in [0.4, 0.5) is 10.1 Å². The van der Waals surface area contributed by atoms with Gasteiger partial charge in [0.1, 0.15) is 5.52 Å². The van der Waals surface area contributed by atoms with Crippen LogP contribution in [0.2, 0.25) is 0 Å². The first kappa shape index (κ1) is 9.84. The molecule has 0 aliphatic rings. The fraction of sp³-hybridized carbons (Fsp3) is 0. The van der Waals surface area contributed by atoms with Gasteiger partial charge in [0.05, 0.1) is 5.39 Å². The Morgan fingerprint density at radius 2 is 1.88 bits per heavy atom. The van der Waals surface area contributed by atoms with E-state index in [0.29, 0.717) is 16.8 Å². The van der Waals surface area contributed by atoms with Gasteiger partial charge in [0.15, 0.2) is 11.6 Å². The highest BCUT2D eigenvalue weighted by molar-refractivity contribution is 5.94. The molecular weight excluding hydrogens is 219 g/mol. The molecule has 0 aliphatic carbocycles. The normalized spacial score (nSPS) is 10.9. The van der Waals surface area contributed by atoms with Crippen LogP contribution in [0.3, 0.4) is 0 Å². The van der Waals surface area contributed by atoms with Crippen LogP contribution in [0.25, 0.3) is 22.2 Å². The summed E-state index contributed by atoms with van der Waals surface area (Å²) in [7, 11) is 0. The molecule has 0 spiro atoms. The number of rotatable bonds is 1. The maximum Gasteiger partial charge on any atom is 0.176 e. The summed E-state index contributed by atoms with van der Waals surface area (Å²) >= 11 is 0. The van der Waals surface area contributed by atoms with Gasteiger partial charge in [-0.3, -0.25) is 0 Å². The molecule has 0 unspecified atom stereocenters. The van der Waals surface area contributed by atoms with Crippen molar-refractivity contribution in [3.63, 3.8) is 0 Å². The summed E-state index contributed by atoms with van der Waals surface area (Å²) in [5.74, 6) is 0.101. The number of nitrogen functional groups attached to an aromatic ring is 1. The van der Waals surface area contributed by atoms with Gasteiger partial charge in [-0.05, 0) is 24.3 Å². The average molecular weight is 228 g/mol. The first-order valence-electron chi connectivity index (χ1n) is 5.16. The van der Waals surface area contributed by atoms with Crippen LogP contribution in [-0.4, -0.2) is 5.16 Å². The molecule has 0 saturated heterocycles. The van der Waals surface area contributed by atoms with E-state index in [1.54, 1.807) is 18.2 Å². The summed E-state index contributed by atoms with van der Waals surface area (Å²) in [5, 5.41) is 4.36. The van der Waals surface area contributed by atoms with E-state index in [-0.39, 0.29) is 5.52 Å². The fourth-order valence-corrected chi connectivity index (χ4v) is 1.83. The first-order chi connectivity index (χ1) is 8.27. The quantitative estimate of drug-likeness (QED) is 0.650. The number of aromatic nitrogens is 1. The van der Waals surface area contributed by atoms with Crippen molar-refractivity contribution in [3.05, 3.63) is 48.3 Å². The number of hydrogen-bond donors (Lipinski definition) is 1. The van der Waals surface area contributed by atoms with Crippen LogP contribution in [0, 0.1) is 5.82 Å². The van der Waals surface area contributed by atoms with Crippen molar-refractivity contribution in [1.29, 1.82) is 0 Å². The molecule has 0 aliphatic heterocycles. The predicted molar refractivity (Wildman–Crippen MR) is 63.8 cm³/mol. The predicted octanol–water partition coefficient (Wildman–Crippen LogP) is 3.22. The Balaban J connectivity index is 2.33. The Morgan fingerprint density at radius 1 is 1.06 bits per heavy atom. The molecule has 0 bridgehead atoms. The lowest BCUT2D eigenvalue weighted by Crippen LogP contribution is -1.88. The molecule has 4 heteroatoms. The number of nitrogens with two attached hydrogens (primary N) is 1. The Kier molecular flexibility index (Phi) is 2.08. The summed E-state index contributed by atoms with van der Waals surface area (Å²) in [5.41, 5.74) is 7.39. The van der Waals surface area contributed by atoms with Gasteiger partial charge in [-0.25, -0.2) is 4.39 Å². The molecule has 0 amide bonds. The molecule has 0 fully saturated rings. The maximum atomic E-state index is 13.5. The van der Waals surface area contributed by atoms with Crippen LogP contribution in [0.15, 0.2) is 47.0 Å². The number of para-hydroxylation sites is 1. The van der Waals surface area contributed by atoms with Crippen LogP contribution >= 0.6 is 0 Å². The molecule has 3 rings (SSSR count). The van der Waals surface area contributed by atoms with Crippen LogP contribution in [-0.2, 0) is 0 Å². The van der Waals surface area contributed by atoms with Crippen molar-refractivity contribution >= 4 is 16.6 Å². The van der Waals surface area contributed by atoms with Gasteiger partial charge >= 0.3 is 0 Å². The second kappa shape index (κ2) is 3.59. The van der Waals surface area contributed by atoms with E-state index in [4.69, 9.17) is 10.3 Å². The fourth-order valence-electron chi connectivity index (χ4n) is 1.83. The van der Waals surface area contributed by atoms with Crippen molar-refractivity contribution < 1.29 is 8.91 Å². The third kappa shape index (κ3) is 1.45. The second-order valence-electron chi connectivity index (χ2n) is 3.73. The van der Waals surface area contributed by atoms with Gasteiger partial charge < -0.3 is 10.3 Å². The SMILES string of the molecule is Nc1ccccc1-c1onc2c(F)cccc12. The molecule has 3 nitrogen and oxygen atoms in total. The van der Waals surface area contributed by atoms with E-state index >= 15 is 0 Å². The van der Waals surface area contributed by atoms with E-state index < -0.39 is 5.82 Å². The Bertz CT molecular complexity index is 691. The van der Waals surface area contributed by atoms with Crippen molar-refractivity contribution in [2.24, 2.45) is 0 Å². The van der Waals surface area contributed by atoms with Crippen molar-refractivity contribution in [1.82, 2.24) is 5.16 Å². The zero-order valence-electron chi connectivity index (χ0n) is 8.85. The van der Waals surface area contributed by atoms with E-state index in [1.807, 2.05) is 18.2 Å². The molecule has 1 heterocycles. The van der Waals surface area contributed by atoms with Gasteiger partial charge in [-0.2, -0.15) is 0 Å². The van der Waals surface area contributed by atoms with Crippen LogP contribution < -0.4 is 5.73 Å². The van der Waals surface area contributed by atoms with Gasteiger partial charge in [0.2, 0.25) is 0 Å². The zero-order chi connectivity index (χ0) is 11.8. The lowest BCUT2D eigenvalue weighted by Gasteiger charge is -2.00. The van der Waals surface area contributed by atoms with Crippen molar-refractivity contribution in [3.8, 4) is 11.3 Å². The number of fused-ring (bicyclic) bond motifs is 1. The minimum Gasteiger partial charge on any atom is -0.398 e. The van der Waals surface area contributed by atoms with E-state index in [2.05, 4.69) is 5.16 Å². The lowest BCUT2D eigenvalue weighted by molar-refractivity contribution is 0.438. The summed E-state index contributed by atoms with van der Waals surface area (Å²) < 4.78 is 18.7. The molecule has 0 radical (unpaired) electrons. The maximum absolute atomic E-state index is 13.5. The monoisotopic (exact) mass is 228 g/mol. The van der Waals surface area contributed by atoms with E-state index in [1.165, 1.54) is 6.07 Å². The molecule has 1 aromatic heterocycles. The number of nitrogens with zero attached hydrogens (tertiary/aromatic N) is 1. The molecular formula is C13H9FN2O. The molecule has 0 saturated carbocycles. The van der Waals surface area contributed by atoms with Gasteiger partial charge in [-0.15, -0.1) is 0 Å². The van der Waals surface area contributed by atoms with Crippen molar-refractivity contribution in [2.45, 2.75) is 0 Å². The van der Waals surface area contributed by atoms with Crippen LogP contribution in [0.5, 0.6) is 0 Å². The van der Waals surface area contributed by atoms with E-state index in [9.17, 15) is 4.39 Å². The molecule has 3 aromatic rings. The molecule has 0 atom stereocenters. The number of halogens is 1. The molecule has 84 valence electrons. The standard InChI is InChI=1S/C13H9FN2O/c14-10-6-3-5-9-12(10)16-17-13(9)8-4-1-2-7-11(8)15/h1-7H,15H2. The second-order valence-corrected chi connectivity index (χ2v) is 3.73. The van der Waals surface area contributed by atoms with Gasteiger partial charge in [0, 0.05) is 11.3 Å². The largest absolute Gasteiger partial charge is 0.398 e. The lowest BCUT2D eigenvalue weighted by atomic mass is 10.1.